The molecule has 3 heteroatoms. The first-order valence-electron chi connectivity index (χ1n) is 6.16. The van der Waals surface area contributed by atoms with Gasteiger partial charge < -0.3 is 5.32 Å². The Bertz CT molecular complexity index is 351. The minimum absolute atomic E-state index is 0.595. The molecule has 1 aliphatic heterocycles. The van der Waals surface area contributed by atoms with Crippen molar-refractivity contribution in [3.05, 3.63) is 29.0 Å². The Morgan fingerprint density at radius 2 is 2.19 bits per heavy atom. The van der Waals surface area contributed by atoms with Crippen molar-refractivity contribution >= 4 is 11.6 Å². The highest BCUT2D eigenvalue weighted by atomic mass is 35.5. The van der Waals surface area contributed by atoms with Crippen LogP contribution in [0.2, 0.25) is 5.15 Å². The van der Waals surface area contributed by atoms with Gasteiger partial charge in [-0.1, -0.05) is 17.7 Å². The van der Waals surface area contributed by atoms with Gasteiger partial charge >= 0.3 is 0 Å². The lowest BCUT2D eigenvalue weighted by Gasteiger charge is -2.39. The molecule has 2 aliphatic rings. The minimum atomic E-state index is 0.595. The molecule has 2 nitrogen and oxygen atoms in total. The van der Waals surface area contributed by atoms with Crippen LogP contribution in [0, 0.1) is 5.92 Å². The summed E-state index contributed by atoms with van der Waals surface area (Å²) in [6.45, 7) is 1.21. The number of nitrogens with zero attached hydrogens (tertiary/aromatic N) is 1. The van der Waals surface area contributed by atoms with Crippen LogP contribution in [0.25, 0.3) is 0 Å². The predicted molar refractivity (Wildman–Crippen MR) is 65.7 cm³/mol. The standard InChI is InChI=1S/C13H17ClN2/c14-13-2-1-10(8-16-13)11-5-9-3-4-15-12(6-9)7-11/h1-2,8-9,11-12,15H,3-7H2. The Morgan fingerprint density at radius 1 is 1.25 bits per heavy atom. The topological polar surface area (TPSA) is 24.9 Å². The fraction of sp³-hybridized carbons (Fsp3) is 0.615. The number of fused-ring (bicyclic) bond motifs is 2. The second-order valence-corrected chi connectivity index (χ2v) is 5.51. The van der Waals surface area contributed by atoms with Gasteiger partial charge in [0.1, 0.15) is 5.15 Å². The highest BCUT2D eigenvalue weighted by molar-refractivity contribution is 6.29. The van der Waals surface area contributed by atoms with Crippen LogP contribution >= 0.6 is 11.6 Å². The Kier molecular flexibility index (Phi) is 2.86. The molecule has 3 atom stereocenters. The van der Waals surface area contributed by atoms with E-state index in [-0.39, 0.29) is 0 Å². The van der Waals surface area contributed by atoms with Gasteiger partial charge in [-0.25, -0.2) is 4.98 Å². The third-order valence-electron chi connectivity index (χ3n) is 4.01. The highest BCUT2D eigenvalue weighted by Crippen LogP contribution is 2.39. The van der Waals surface area contributed by atoms with E-state index < -0.39 is 0 Å². The third kappa shape index (κ3) is 2.09. The van der Waals surface area contributed by atoms with Gasteiger partial charge in [0.2, 0.25) is 0 Å². The molecule has 86 valence electrons. The van der Waals surface area contributed by atoms with Crippen molar-refractivity contribution in [2.75, 3.05) is 6.54 Å². The molecular formula is C13H17ClN2. The Balaban J connectivity index is 1.77. The third-order valence-corrected chi connectivity index (χ3v) is 4.24. The van der Waals surface area contributed by atoms with Crippen LogP contribution in [0.4, 0.5) is 0 Å². The number of pyridine rings is 1. The summed E-state index contributed by atoms with van der Waals surface area (Å²) in [5.41, 5.74) is 1.36. The van der Waals surface area contributed by atoms with E-state index in [9.17, 15) is 0 Å². The monoisotopic (exact) mass is 236 g/mol. The Morgan fingerprint density at radius 3 is 2.94 bits per heavy atom. The van der Waals surface area contributed by atoms with Gasteiger partial charge in [-0.2, -0.15) is 0 Å². The van der Waals surface area contributed by atoms with Crippen molar-refractivity contribution in [3.63, 3.8) is 0 Å². The SMILES string of the molecule is Clc1ccc(C2CC3CCNC(C3)C2)cn1. The van der Waals surface area contributed by atoms with Crippen LogP contribution in [0.3, 0.4) is 0 Å². The largest absolute Gasteiger partial charge is 0.314 e. The minimum Gasteiger partial charge on any atom is -0.314 e. The summed E-state index contributed by atoms with van der Waals surface area (Å²) >= 11 is 5.82. The second kappa shape index (κ2) is 4.34. The predicted octanol–water partition coefficient (Wildman–Crippen LogP) is 2.98. The number of halogens is 1. The van der Waals surface area contributed by atoms with Crippen molar-refractivity contribution in [2.45, 2.75) is 37.6 Å². The molecule has 0 radical (unpaired) electrons. The molecule has 2 bridgehead atoms. The molecule has 1 N–H and O–H groups in total. The molecule has 0 spiro atoms. The van der Waals surface area contributed by atoms with E-state index in [1.165, 1.54) is 37.8 Å². The first-order chi connectivity index (χ1) is 7.81. The molecule has 3 rings (SSSR count). The number of aromatic nitrogens is 1. The van der Waals surface area contributed by atoms with Crippen molar-refractivity contribution in [3.8, 4) is 0 Å². The van der Waals surface area contributed by atoms with Gasteiger partial charge in [0.05, 0.1) is 0 Å². The maximum absolute atomic E-state index is 5.82. The second-order valence-electron chi connectivity index (χ2n) is 5.12. The van der Waals surface area contributed by atoms with Crippen LogP contribution < -0.4 is 5.32 Å². The zero-order chi connectivity index (χ0) is 11.0. The lowest BCUT2D eigenvalue weighted by atomic mass is 9.73. The van der Waals surface area contributed by atoms with Crippen LogP contribution in [0.1, 0.15) is 37.2 Å². The normalized spacial score (nSPS) is 33.7. The first kappa shape index (κ1) is 10.5. The maximum atomic E-state index is 5.82. The van der Waals surface area contributed by atoms with E-state index in [1.807, 2.05) is 12.3 Å². The molecule has 1 saturated carbocycles. The highest BCUT2D eigenvalue weighted by Gasteiger charge is 2.32. The van der Waals surface area contributed by atoms with E-state index in [4.69, 9.17) is 11.6 Å². The molecule has 0 aromatic carbocycles. The van der Waals surface area contributed by atoms with E-state index in [2.05, 4.69) is 16.4 Å². The Labute approximate surface area is 101 Å². The van der Waals surface area contributed by atoms with Crippen molar-refractivity contribution < 1.29 is 0 Å². The van der Waals surface area contributed by atoms with Gasteiger partial charge in [-0.15, -0.1) is 0 Å². The zero-order valence-corrected chi connectivity index (χ0v) is 10.1. The van der Waals surface area contributed by atoms with Crippen LogP contribution in [0.15, 0.2) is 18.3 Å². The average Bonchev–Trinajstić information content (AvgIpc) is 2.29. The quantitative estimate of drug-likeness (QED) is 0.759. The van der Waals surface area contributed by atoms with Gasteiger partial charge in [0.25, 0.3) is 0 Å². The van der Waals surface area contributed by atoms with E-state index in [0.717, 1.165) is 12.0 Å². The van der Waals surface area contributed by atoms with E-state index in [1.54, 1.807) is 0 Å². The van der Waals surface area contributed by atoms with Gasteiger partial charge in [0, 0.05) is 12.2 Å². The molecule has 2 fully saturated rings. The molecule has 1 aromatic rings. The molecule has 1 aliphatic carbocycles. The first-order valence-corrected chi connectivity index (χ1v) is 6.54. The van der Waals surface area contributed by atoms with Crippen LogP contribution in [-0.4, -0.2) is 17.6 Å². The lowest BCUT2D eigenvalue weighted by Crippen LogP contribution is -2.42. The molecule has 3 unspecified atom stereocenters. The summed E-state index contributed by atoms with van der Waals surface area (Å²) in [7, 11) is 0. The van der Waals surface area contributed by atoms with Gasteiger partial charge in [-0.3, -0.25) is 0 Å². The van der Waals surface area contributed by atoms with E-state index in [0.29, 0.717) is 11.1 Å². The van der Waals surface area contributed by atoms with Crippen LogP contribution in [-0.2, 0) is 0 Å². The van der Waals surface area contributed by atoms with Crippen molar-refractivity contribution in [2.24, 2.45) is 5.92 Å². The fourth-order valence-electron chi connectivity index (χ4n) is 3.23. The molecule has 16 heavy (non-hydrogen) atoms. The van der Waals surface area contributed by atoms with Gasteiger partial charge in [-0.05, 0) is 55.7 Å². The number of nitrogens with one attached hydrogen (secondary N) is 1. The maximum Gasteiger partial charge on any atom is 0.129 e. The van der Waals surface area contributed by atoms with Gasteiger partial charge in [0.15, 0.2) is 0 Å². The lowest BCUT2D eigenvalue weighted by molar-refractivity contribution is 0.203. The molecular weight excluding hydrogens is 220 g/mol. The average molecular weight is 237 g/mol. The number of hydrogen-bond donors (Lipinski definition) is 1. The number of hydrogen-bond acceptors (Lipinski definition) is 2. The summed E-state index contributed by atoms with van der Waals surface area (Å²) in [4.78, 5) is 4.19. The molecule has 1 saturated heterocycles. The molecule has 0 amide bonds. The van der Waals surface area contributed by atoms with Crippen molar-refractivity contribution in [1.29, 1.82) is 0 Å². The summed E-state index contributed by atoms with van der Waals surface area (Å²) < 4.78 is 0. The number of piperidine rings is 1. The summed E-state index contributed by atoms with van der Waals surface area (Å²) in [5.74, 6) is 1.60. The smallest absolute Gasteiger partial charge is 0.129 e. The van der Waals surface area contributed by atoms with Crippen LogP contribution in [0.5, 0.6) is 0 Å². The molecule has 1 aromatic heterocycles. The summed E-state index contributed by atoms with van der Waals surface area (Å²) in [6.07, 6.45) is 7.26. The fourth-order valence-corrected chi connectivity index (χ4v) is 3.34. The summed E-state index contributed by atoms with van der Waals surface area (Å²) in [6, 6.07) is 4.78. The number of rotatable bonds is 1. The van der Waals surface area contributed by atoms with Crippen molar-refractivity contribution in [1.82, 2.24) is 10.3 Å². The zero-order valence-electron chi connectivity index (χ0n) is 9.32. The summed E-state index contributed by atoms with van der Waals surface area (Å²) in [5, 5.41) is 4.21. The van der Waals surface area contributed by atoms with E-state index >= 15 is 0 Å². The molecule has 2 heterocycles. The Hall–Kier alpha value is -0.600.